The highest BCUT2D eigenvalue weighted by atomic mass is 35.5. The number of benzene rings is 2. The topological polar surface area (TPSA) is 79.6 Å². The lowest BCUT2D eigenvalue weighted by atomic mass is 10.3. The van der Waals surface area contributed by atoms with Crippen molar-refractivity contribution in [3.05, 3.63) is 83.3 Å². The van der Waals surface area contributed by atoms with Crippen LogP contribution in [0, 0.1) is 11.6 Å². The van der Waals surface area contributed by atoms with Crippen LogP contribution in [0.15, 0.2) is 70.2 Å². The Labute approximate surface area is 170 Å². The molecule has 0 aliphatic carbocycles. The van der Waals surface area contributed by atoms with Crippen molar-refractivity contribution in [2.24, 2.45) is 0 Å². The zero-order chi connectivity index (χ0) is 21.0. The van der Waals surface area contributed by atoms with Crippen molar-refractivity contribution in [1.29, 1.82) is 0 Å². The maximum atomic E-state index is 14.1. The van der Waals surface area contributed by atoms with E-state index in [0.29, 0.717) is 0 Å². The molecule has 10 heteroatoms. The normalized spacial score (nSPS) is 11.6. The average Bonchev–Trinajstić information content (AvgIpc) is 3.17. The van der Waals surface area contributed by atoms with Crippen LogP contribution in [0.4, 0.5) is 14.5 Å². The predicted molar refractivity (Wildman–Crippen MR) is 103 cm³/mol. The highest BCUT2D eigenvalue weighted by Crippen LogP contribution is 2.22. The molecule has 0 aliphatic rings. The van der Waals surface area contributed by atoms with Gasteiger partial charge in [0, 0.05) is 5.69 Å². The third-order valence-corrected chi connectivity index (χ3v) is 6.00. The smallest absolute Gasteiger partial charge is 0.246 e. The van der Waals surface area contributed by atoms with E-state index < -0.39 is 39.0 Å². The van der Waals surface area contributed by atoms with Crippen molar-refractivity contribution in [3.8, 4) is 0 Å². The van der Waals surface area contributed by atoms with Gasteiger partial charge in [0.15, 0.2) is 0 Å². The van der Waals surface area contributed by atoms with Gasteiger partial charge >= 0.3 is 0 Å². The van der Waals surface area contributed by atoms with E-state index in [4.69, 9.17) is 16.0 Å². The van der Waals surface area contributed by atoms with E-state index in [1.54, 1.807) is 6.07 Å². The molecule has 0 unspecified atom stereocenters. The van der Waals surface area contributed by atoms with Crippen molar-refractivity contribution in [3.63, 3.8) is 0 Å². The fourth-order valence-electron chi connectivity index (χ4n) is 2.53. The summed E-state index contributed by atoms with van der Waals surface area (Å²) in [5.74, 6) is -2.06. The van der Waals surface area contributed by atoms with Crippen LogP contribution in [0.3, 0.4) is 0 Å². The van der Waals surface area contributed by atoms with E-state index in [0.717, 1.165) is 22.5 Å². The highest BCUT2D eigenvalue weighted by molar-refractivity contribution is 7.89. The number of rotatable bonds is 7. The Morgan fingerprint density at radius 1 is 1.07 bits per heavy atom. The summed E-state index contributed by atoms with van der Waals surface area (Å²) in [5, 5.41) is 2.24. The summed E-state index contributed by atoms with van der Waals surface area (Å²) in [6.45, 7) is -0.923. The predicted octanol–water partition coefficient (Wildman–Crippen LogP) is 4.04. The first-order chi connectivity index (χ1) is 13.8. The number of halogens is 3. The monoisotopic (exact) mass is 440 g/mol. The van der Waals surface area contributed by atoms with Crippen LogP contribution in [0.5, 0.6) is 0 Å². The Balaban J connectivity index is 1.86. The lowest BCUT2D eigenvalue weighted by Crippen LogP contribution is -2.37. The van der Waals surface area contributed by atoms with Crippen LogP contribution in [0.2, 0.25) is 5.02 Å². The largest absolute Gasteiger partial charge is 0.468 e. The first-order valence-electron chi connectivity index (χ1n) is 8.29. The highest BCUT2D eigenvalue weighted by Gasteiger charge is 2.30. The van der Waals surface area contributed by atoms with E-state index in [1.807, 2.05) is 0 Å². The lowest BCUT2D eigenvalue weighted by Gasteiger charge is -2.21. The van der Waals surface area contributed by atoms with Crippen molar-refractivity contribution < 1.29 is 26.4 Å². The summed E-state index contributed by atoms with van der Waals surface area (Å²) in [6, 6.07) is 11.5. The number of carbonyl (C=O) groups is 1. The molecule has 0 radical (unpaired) electrons. The van der Waals surface area contributed by atoms with Crippen LogP contribution < -0.4 is 5.32 Å². The number of sulfonamides is 1. The average molecular weight is 441 g/mol. The number of hydrogen-bond donors (Lipinski definition) is 1. The van der Waals surface area contributed by atoms with Crippen molar-refractivity contribution in [1.82, 2.24) is 4.31 Å². The summed E-state index contributed by atoms with van der Waals surface area (Å²) < 4.78 is 59.2. The van der Waals surface area contributed by atoms with Gasteiger partial charge in [0.05, 0.1) is 24.4 Å². The fourth-order valence-corrected chi connectivity index (χ4v) is 4.14. The van der Waals surface area contributed by atoms with Crippen LogP contribution in [-0.2, 0) is 21.4 Å². The van der Waals surface area contributed by atoms with Crippen LogP contribution in [0.25, 0.3) is 0 Å². The van der Waals surface area contributed by atoms with Gasteiger partial charge in [-0.2, -0.15) is 4.31 Å². The van der Waals surface area contributed by atoms with Gasteiger partial charge < -0.3 is 9.73 Å². The first-order valence-corrected chi connectivity index (χ1v) is 10.1. The number of nitrogens with one attached hydrogen (secondary N) is 1. The Morgan fingerprint density at radius 3 is 2.48 bits per heavy atom. The zero-order valence-electron chi connectivity index (χ0n) is 14.8. The molecule has 3 rings (SSSR count). The van der Waals surface area contributed by atoms with Crippen LogP contribution in [0.1, 0.15) is 5.76 Å². The third kappa shape index (κ3) is 5.00. The SMILES string of the molecule is O=C(CN(Cc1ccco1)S(=O)(=O)c1ccccc1F)Nc1ccc(F)c(Cl)c1. The molecule has 0 saturated carbocycles. The fraction of sp³-hybridized carbons (Fsp3) is 0.105. The Bertz CT molecular complexity index is 1120. The molecular weight excluding hydrogens is 426 g/mol. The van der Waals surface area contributed by atoms with Crippen molar-refractivity contribution in [2.75, 3.05) is 11.9 Å². The van der Waals surface area contributed by atoms with E-state index in [2.05, 4.69) is 5.32 Å². The number of hydrogen-bond acceptors (Lipinski definition) is 4. The van der Waals surface area contributed by atoms with Gasteiger partial charge in [-0.15, -0.1) is 0 Å². The second kappa shape index (κ2) is 8.73. The maximum Gasteiger partial charge on any atom is 0.246 e. The van der Waals surface area contributed by atoms with Crippen molar-refractivity contribution >= 4 is 33.2 Å². The van der Waals surface area contributed by atoms with Crippen molar-refractivity contribution in [2.45, 2.75) is 11.4 Å². The molecule has 0 atom stereocenters. The molecule has 1 N–H and O–H groups in total. The molecule has 0 bridgehead atoms. The molecule has 152 valence electrons. The lowest BCUT2D eigenvalue weighted by molar-refractivity contribution is -0.116. The quantitative estimate of drug-likeness (QED) is 0.601. The summed E-state index contributed by atoms with van der Waals surface area (Å²) in [4.78, 5) is 11.9. The van der Waals surface area contributed by atoms with Gasteiger partial charge in [-0.3, -0.25) is 4.79 Å². The Morgan fingerprint density at radius 2 is 1.83 bits per heavy atom. The molecule has 0 aliphatic heterocycles. The summed E-state index contributed by atoms with van der Waals surface area (Å²) in [6.07, 6.45) is 1.35. The molecule has 3 aromatic rings. The Hall–Kier alpha value is -2.75. The summed E-state index contributed by atoms with van der Waals surface area (Å²) in [7, 11) is -4.36. The van der Waals surface area contributed by atoms with E-state index in [9.17, 15) is 22.0 Å². The molecule has 29 heavy (non-hydrogen) atoms. The molecule has 0 saturated heterocycles. The zero-order valence-corrected chi connectivity index (χ0v) is 16.4. The third-order valence-electron chi connectivity index (χ3n) is 3.89. The number of anilines is 1. The first kappa shape index (κ1) is 21.0. The molecular formula is C19H15ClF2N2O4S. The Kier molecular flexibility index (Phi) is 6.31. The van der Waals surface area contributed by atoms with E-state index in [-0.39, 0.29) is 23.0 Å². The van der Waals surface area contributed by atoms with E-state index >= 15 is 0 Å². The molecule has 6 nitrogen and oxygen atoms in total. The van der Waals surface area contributed by atoms with Gasteiger partial charge in [0.25, 0.3) is 0 Å². The second-order valence-corrected chi connectivity index (χ2v) is 8.27. The maximum absolute atomic E-state index is 14.1. The molecule has 1 aromatic heterocycles. The van der Waals surface area contributed by atoms with Crippen LogP contribution in [-0.4, -0.2) is 25.2 Å². The number of carbonyl (C=O) groups excluding carboxylic acids is 1. The summed E-state index contributed by atoms with van der Waals surface area (Å²) in [5.41, 5.74) is 0.183. The molecule has 2 aromatic carbocycles. The van der Waals surface area contributed by atoms with Gasteiger partial charge in [-0.05, 0) is 42.5 Å². The van der Waals surface area contributed by atoms with Crippen LogP contribution >= 0.6 is 11.6 Å². The number of nitrogens with zero attached hydrogens (tertiary/aromatic N) is 1. The van der Waals surface area contributed by atoms with E-state index in [1.165, 1.54) is 36.6 Å². The number of amides is 1. The standard InChI is InChI=1S/C19H15ClF2N2O4S/c20-15-10-13(7-8-16(15)21)23-19(25)12-24(11-14-4-3-9-28-14)29(26,27)18-6-2-1-5-17(18)22/h1-10H,11-12H2,(H,23,25). The molecule has 1 amide bonds. The second-order valence-electron chi connectivity index (χ2n) is 5.96. The molecule has 1 heterocycles. The molecule has 0 fully saturated rings. The minimum Gasteiger partial charge on any atom is -0.468 e. The van der Waals surface area contributed by atoms with Gasteiger partial charge in [-0.25, -0.2) is 17.2 Å². The van der Waals surface area contributed by atoms with Gasteiger partial charge in [0.1, 0.15) is 22.3 Å². The number of furan rings is 1. The van der Waals surface area contributed by atoms with Gasteiger partial charge in [-0.1, -0.05) is 23.7 Å². The summed E-state index contributed by atoms with van der Waals surface area (Å²) >= 11 is 5.68. The molecule has 0 spiro atoms. The minimum atomic E-state index is -4.36. The minimum absolute atomic E-state index is 0.183. The van der Waals surface area contributed by atoms with Gasteiger partial charge in [0.2, 0.25) is 15.9 Å².